The first-order chi connectivity index (χ1) is 7.72. The van der Waals surface area contributed by atoms with E-state index in [2.05, 4.69) is 19.2 Å². The summed E-state index contributed by atoms with van der Waals surface area (Å²) in [6.45, 7) is 6.84. The topological polar surface area (TPSA) is 21.3 Å². The van der Waals surface area contributed by atoms with E-state index in [0.29, 0.717) is 17.6 Å². The van der Waals surface area contributed by atoms with Gasteiger partial charge in [-0.3, -0.25) is 0 Å². The van der Waals surface area contributed by atoms with E-state index in [1.54, 1.807) is 0 Å². The second-order valence-corrected chi connectivity index (χ2v) is 6.05. The number of rotatable bonds is 5. The molecule has 1 N–H and O–H groups in total. The summed E-state index contributed by atoms with van der Waals surface area (Å²) in [5.41, 5.74) is 0.610. The van der Waals surface area contributed by atoms with Crippen LogP contribution in [0.1, 0.15) is 58.8 Å². The molecular weight excluding hydrogens is 198 g/mol. The third-order valence-electron chi connectivity index (χ3n) is 4.36. The number of ether oxygens (including phenoxy) is 1. The first-order valence-corrected chi connectivity index (χ1v) is 7.07. The lowest BCUT2D eigenvalue weighted by atomic mass is 9.70. The Kier molecular flexibility index (Phi) is 4.26. The minimum atomic E-state index is 0.519. The van der Waals surface area contributed by atoms with Crippen LogP contribution in [0, 0.1) is 5.41 Å². The largest absolute Gasteiger partial charge is 0.378 e. The molecule has 0 bridgehead atoms. The Morgan fingerprint density at radius 1 is 1.38 bits per heavy atom. The van der Waals surface area contributed by atoms with Gasteiger partial charge in [0.2, 0.25) is 0 Å². The lowest BCUT2D eigenvalue weighted by Crippen LogP contribution is -2.45. The summed E-state index contributed by atoms with van der Waals surface area (Å²) in [6.07, 6.45) is 9.70. The molecule has 1 heterocycles. The maximum Gasteiger partial charge on any atom is 0.0589 e. The van der Waals surface area contributed by atoms with Crippen molar-refractivity contribution in [3.05, 3.63) is 0 Å². The predicted octanol–water partition coefficient (Wildman–Crippen LogP) is 3.11. The number of hydrogen-bond acceptors (Lipinski definition) is 2. The summed E-state index contributed by atoms with van der Waals surface area (Å²) in [5, 5.41) is 3.77. The Hall–Kier alpha value is -0.0800. The molecule has 2 heteroatoms. The van der Waals surface area contributed by atoms with E-state index in [4.69, 9.17) is 4.74 Å². The Balaban J connectivity index is 1.68. The second-order valence-electron chi connectivity index (χ2n) is 6.05. The highest BCUT2D eigenvalue weighted by Crippen LogP contribution is 2.39. The summed E-state index contributed by atoms with van der Waals surface area (Å²) in [7, 11) is 0. The van der Waals surface area contributed by atoms with Crippen LogP contribution in [-0.4, -0.2) is 25.3 Å². The van der Waals surface area contributed by atoms with Crippen LogP contribution < -0.4 is 5.32 Å². The van der Waals surface area contributed by atoms with Crippen LogP contribution in [0.15, 0.2) is 0 Å². The molecule has 2 atom stereocenters. The van der Waals surface area contributed by atoms with Gasteiger partial charge in [-0.05, 0) is 37.5 Å². The Bertz CT molecular complexity index is 211. The molecule has 0 amide bonds. The van der Waals surface area contributed by atoms with Gasteiger partial charge in [0.25, 0.3) is 0 Å². The lowest BCUT2D eigenvalue weighted by Gasteiger charge is -2.41. The zero-order valence-electron chi connectivity index (χ0n) is 10.9. The quantitative estimate of drug-likeness (QED) is 0.776. The highest BCUT2D eigenvalue weighted by molar-refractivity contribution is 4.87. The molecule has 2 nitrogen and oxygen atoms in total. The van der Waals surface area contributed by atoms with E-state index >= 15 is 0 Å². The first kappa shape index (κ1) is 12.4. The van der Waals surface area contributed by atoms with E-state index in [-0.39, 0.29) is 0 Å². The molecule has 1 aliphatic heterocycles. The molecule has 1 saturated heterocycles. The Morgan fingerprint density at radius 3 is 2.81 bits per heavy atom. The summed E-state index contributed by atoms with van der Waals surface area (Å²) in [5.74, 6) is 0. The molecule has 2 rings (SSSR count). The first-order valence-electron chi connectivity index (χ1n) is 7.07. The van der Waals surface area contributed by atoms with E-state index in [9.17, 15) is 0 Å². The van der Waals surface area contributed by atoms with E-state index in [1.165, 1.54) is 51.5 Å². The summed E-state index contributed by atoms with van der Waals surface area (Å²) >= 11 is 0. The van der Waals surface area contributed by atoms with Crippen molar-refractivity contribution in [3.63, 3.8) is 0 Å². The normalized spacial score (nSPS) is 33.4. The number of nitrogens with one attached hydrogen (secondary N) is 1. The van der Waals surface area contributed by atoms with Crippen molar-refractivity contribution in [2.45, 2.75) is 70.9 Å². The molecule has 2 aliphatic rings. The van der Waals surface area contributed by atoms with Gasteiger partial charge in [0.1, 0.15) is 0 Å². The lowest BCUT2D eigenvalue weighted by molar-refractivity contribution is -0.00641. The van der Waals surface area contributed by atoms with Crippen molar-refractivity contribution in [2.75, 3.05) is 13.2 Å². The fourth-order valence-electron chi connectivity index (χ4n) is 2.94. The van der Waals surface area contributed by atoms with Gasteiger partial charge >= 0.3 is 0 Å². The van der Waals surface area contributed by atoms with Crippen molar-refractivity contribution in [3.8, 4) is 0 Å². The third kappa shape index (κ3) is 3.21. The van der Waals surface area contributed by atoms with Gasteiger partial charge in [-0.25, -0.2) is 0 Å². The van der Waals surface area contributed by atoms with Gasteiger partial charge < -0.3 is 10.1 Å². The van der Waals surface area contributed by atoms with E-state index in [1.807, 2.05) is 0 Å². The van der Waals surface area contributed by atoms with Crippen molar-refractivity contribution in [2.24, 2.45) is 5.41 Å². The molecule has 0 radical (unpaired) electrons. The van der Waals surface area contributed by atoms with Crippen LogP contribution in [0.5, 0.6) is 0 Å². The van der Waals surface area contributed by atoms with Gasteiger partial charge in [0, 0.05) is 19.2 Å². The van der Waals surface area contributed by atoms with Gasteiger partial charge in [0.05, 0.1) is 6.10 Å². The van der Waals surface area contributed by atoms with Crippen LogP contribution in [0.25, 0.3) is 0 Å². The van der Waals surface area contributed by atoms with Gasteiger partial charge in [0.15, 0.2) is 0 Å². The molecule has 0 spiro atoms. The fourth-order valence-corrected chi connectivity index (χ4v) is 2.94. The van der Waals surface area contributed by atoms with Crippen LogP contribution >= 0.6 is 0 Å². The van der Waals surface area contributed by atoms with Crippen molar-refractivity contribution >= 4 is 0 Å². The molecule has 0 aromatic heterocycles. The monoisotopic (exact) mass is 225 g/mol. The van der Waals surface area contributed by atoms with Crippen LogP contribution in [0.4, 0.5) is 0 Å². The molecule has 0 aromatic rings. The van der Waals surface area contributed by atoms with Gasteiger partial charge in [-0.2, -0.15) is 0 Å². The zero-order chi connectivity index (χ0) is 11.4. The van der Waals surface area contributed by atoms with E-state index < -0.39 is 0 Å². The average molecular weight is 225 g/mol. The second kappa shape index (κ2) is 5.50. The average Bonchev–Trinajstić information content (AvgIpc) is 2.25. The standard InChI is InChI=1S/C14H27NO/c1-3-5-13-10-12(6-9-16-13)15-11-14(2)7-4-8-14/h12-13,15H,3-11H2,1-2H3. The van der Waals surface area contributed by atoms with Crippen molar-refractivity contribution in [1.82, 2.24) is 5.32 Å². The minimum absolute atomic E-state index is 0.519. The van der Waals surface area contributed by atoms with Crippen molar-refractivity contribution in [1.29, 1.82) is 0 Å². The molecule has 2 unspecified atom stereocenters. The summed E-state index contributed by atoms with van der Waals surface area (Å²) in [6, 6.07) is 0.711. The maximum atomic E-state index is 5.78. The Morgan fingerprint density at radius 2 is 2.19 bits per heavy atom. The molecule has 1 saturated carbocycles. The fraction of sp³-hybridized carbons (Fsp3) is 1.00. The third-order valence-corrected chi connectivity index (χ3v) is 4.36. The zero-order valence-corrected chi connectivity index (χ0v) is 10.9. The highest BCUT2D eigenvalue weighted by Gasteiger charge is 2.32. The highest BCUT2D eigenvalue weighted by atomic mass is 16.5. The SMILES string of the molecule is CCCC1CC(NCC2(C)CCC2)CCO1. The smallest absolute Gasteiger partial charge is 0.0589 e. The molecule has 94 valence electrons. The van der Waals surface area contributed by atoms with Crippen molar-refractivity contribution < 1.29 is 4.74 Å². The van der Waals surface area contributed by atoms with Gasteiger partial charge in [-0.1, -0.05) is 26.7 Å². The number of hydrogen-bond donors (Lipinski definition) is 1. The van der Waals surface area contributed by atoms with Crippen LogP contribution in [0.2, 0.25) is 0 Å². The van der Waals surface area contributed by atoms with Gasteiger partial charge in [-0.15, -0.1) is 0 Å². The molecule has 1 aliphatic carbocycles. The predicted molar refractivity (Wildman–Crippen MR) is 67.6 cm³/mol. The Labute approximate surface area is 100 Å². The van der Waals surface area contributed by atoms with E-state index in [0.717, 1.165) is 6.61 Å². The van der Waals surface area contributed by atoms with Crippen LogP contribution in [0.3, 0.4) is 0 Å². The molecule has 16 heavy (non-hydrogen) atoms. The molecule has 2 fully saturated rings. The molecular formula is C14H27NO. The summed E-state index contributed by atoms with van der Waals surface area (Å²) < 4.78 is 5.78. The summed E-state index contributed by atoms with van der Waals surface area (Å²) in [4.78, 5) is 0. The van der Waals surface area contributed by atoms with Crippen LogP contribution in [-0.2, 0) is 4.74 Å². The minimum Gasteiger partial charge on any atom is -0.378 e. The maximum absolute atomic E-state index is 5.78. The molecule has 0 aromatic carbocycles.